The number of hydrogen-bond donors (Lipinski definition) is 2. The maximum Gasteiger partial charge on any atom is 0.261 e. The first kappa shape index (κ1) is 18.1. The van der Waals surface area contributed by atoms with Gasteiger partial charge >= 0.3 is 0 Å². The Balaban J connectivity index is 2.39. The Morgan fingerprint density at radius 3 is 2.46 bits per heavy atom. The van der Waals surface area contributed by atoms with Gasteiger partial charge in [-0.25, -0.2) is 8.42 Å². The summed E-state index contributed by atoms with van der Waals surface area (Å²) >= 11 is 6.04. The molecule has 24 heavy (non-hydrogen) atoms. The molecule has 1 amide bonds. The number of rotatable bonds is 5. The molecule has 2 aromatic carbocycles. The SMILES string of the molecule is CNC(=O)c1ccc(Cl)c(NS(=O)(=O)c2ccc(OC)c(C)c2)c1. The van der Waals surface area contributed by atoms with E-state index in [0.29, 0.717) is 16.9 Å². The van der Waals surface area contributed by atoms with E-state index in [1.807, 2.05) is 0 Å². The van der Waals surface area contributed by atoms with Crippen LogP contribution in [-0.2, 0) is 10.0 Å². The highest BCUT2D eigenvalue weighted by Crippen LogP contribution is 2.27. The number of aryl methyl sites for hydroxylation is 1. The monoisotopic (exact) mass is 368 g/mol. The molecule has 0 radical (unpaired) electrons. The van der Waals surface area contributed by atoms with Gasteiger partial charge in [0.2, 0.25) is 0 Å². The molecular weight excluding hydrogens is 352 g/mol. The summed E-state index contributed by atoms with van der Waals surface area (Å²) in [5, 5.41) is 2.66. The van der Waals surface area contributed by atoms with Crippen LogP contribution in [0.15, 0.2) is 41.3 Å². The van der Waals surface area contributed by atoms with Crippen molar-refractivity contribution in [1.29, 1.82) is 0 Å². The number of hydrogen-bond acceptors (Lipinski definition) is 4. The average molecular weight is 369 g/mol. The van der Waals surface area contributed by atoms with Crippen molar-refractivity contribution >= 4 is 33.2 Å². The normalized spacial score (nSPS) is 11.0. The molecule has 2 rings (SSSR count). The number of benzene rings is 2. The molecule has 0 atom stereocenters. The fourth-order valence-electron chi connectivity index (χ4n) is 2.11. The Kier molecular flexibility index (Phi) is 5.36. The number of sulfonamides is 1. The third-order valence-electron chi connectivity index (χ3n) is 3.38. The first-order valence-corrected chi connectivity index (χ1v) is 8.83. The summed E-state index contributed by atoms with van der Waals surface area (Å²) in [6.45, 7) is 1.75. The Morgan fingerprint density at radius 1 is 1.17 bits per heavy atom. The molecule has 0 aliphatic rings. The van der Waals surface area contributed by atoms with Crippen LogP contribution in [-0.4, -0.2) is 28.5 Å². The Labute approximate surface area is 145 Å². The summed E-state index contributed by atoms with van der Waals surface area (Å²) < 4.78 is 32.6. The van der Waals surface area contributed by atoms with Gasteiger partial charge in [-0.1, -0.05) is 11.6 Å². The van der Waals surface area contributed by atoms with Crippen molar-refractivity contribution in [2.75, 3.05) is 18.9 Å². The van der Waals surface area contributed by atoms with E-state index in [4.69, 9.17) is 16.3 Å². The lowest BCUT2D eigenvalue weighted by Crippen LogP contribution is -2.19. The van der Waals surface area contributed by atoms with Gasteiger partial charge in [-0.15, -0.1) is 0 Å². The van der Waals surface area contributed by atoms with Crippen molar-refractivity contribution in [3.05, 3.63) is 52.5 Å². The summed E-state index contributed by atoms with van der Waals surface area (Å²) in [7, 11) is -0.854. The minimum atomic E-state index is -3.85. The van der Waals surface area contributed by atoms with Gasteiger partial charge < -0.3 is 10.1 Å². The molecule has 0 fully saturated rings. The topological polar surface area (TPSA) is 84.5 Å². The van der Waals surface area contributed by atoms with Gasteiger partial charge in [0.1, 0.15) is 5.75 Å². The standard InChI is InChI=1S/C16H17ClN2O4S/c1-10-8-12(5-7-15(10)23-3)24(21,22)19-14-9-11(16(20)18-2)4-6-13(14)17/h4-9,19H,1-3H3,(H,18,20). The van der Waals surface area contributed by atoms with E-state index in [1.165, 1.54) is 44.5 Å². The van der Waals surface area contributed by atoms with Gasteiger partial charge in [0.15, 0.2) is 0 Å². The highest BCUT2D eigenvalue weighted by molar-refractivity contribution is 7.92. The van der Waals surface area contributed by atoms with E-state index < -0.39 is 10.0 Å². The van der Waals surface area contributed by atoms with Crippen LogP contribution in [0.2, 0.25) is 5.02 Å². The zero-order chi connectivity index (χ0) is 17.9. The van der Waals surface area contributed by atoms with Crippen LogP contribution in [0.5, 0.6) is 5.75 Å². The number of ether oxygens (including phenoxy) is 1. The number of halogens is 1. The van der Waals surface area contributed by atoms with Gasteiger partial charge in [-0.2, -0.15) is 0 Å². The summed E-state index contributed by atoms with van der Waals surface area (Å²) in [5.74, 6) is 0.251. The molecule has 0 saturated heterocycles. The van der Waals surface area contributed by atoms with Gasteiger partial charge in [0, 0.05) is 12.6 Å². The molecule has 6 nitrogen and oxygen atoms in total. The molecule has 2 aromatic rings. The lowest BCUT2D eigenvalue weighted by molar-refractivity contribution is 0.0963. The molecule has 0 spiro atoms. The number of nitrogens with one attached hydrogen (secondary N) is 2. The van der Waals surface area contributed by atoms with Crippen LogP contribution >= 0.6 is 11.6 Å². The molecule has 128 valence electrons. The Morgan fingerprint density at radius 2 is 1.88 bits per heavy atom. The van der Waals surface area contributed by atoms with Crippen molar-refractivity contribution in [3.8, 4) is 5.75 Å². The maximum absolute atomic E-state index is 12.5. The van der Waals surface area contributed by atoms with Crippen LogP contribution in [0, 0.1) is 6.92 Å². The smallest absolute Gasteiger partial charge is 0.261 e. The average Bonchev–Trinajstić information content (AvgIpc) is 2.55. The summed E-state index contributed by atoms with van der Waals surface area (Å²) in [5.41, 5.74) is 1.11. The van der Waals surface area contributed by atoms with E-state index >= 15 is 0 Å². The van der Waals surface area contributed by atoms with Gasteiger partial charge in [-0.3, -0.25) is 9.52 Å². The number of carbonyl (C=O) groups is 1. The second-order valence-corrected chi connectivity index (χ2v) is 7.10. The zero-order valence-electron chi connectivity index (χ0n) is 13.4. The van der Waals surface area contributed by atoms with Crippen LogP contribution in [0.3, 0.4) is 0 Å². The molecule has 0 unspecified atom stereocenters. The summed E-state index contributed by atoms with van der Waals surface area (Å²) in [6.07, 6.45) is 0. The second-order valence-electron chi connectivity index (χ2n) is 5.01. The molecule has 0 bridgehead atoms. The fraction of sp³-hybridized carbons (Fsp3) is 0.188. The molecule has 0 aromatic heterocycles. The number of carbonyl (C=O) groups excluding carboxylic acids is 1. The predicted molar refractivity (Wildman–Crippen MR) is 93.4 cm³/mol. The third-order valence-corrected chi connectivity index (χ3v) is 5.07. The van der Waals surface area contributed by atoms with Crippen molar-refractivity contribution in [2.45, 2.75) is 11.8 Å². The van der Waals surface area contributed by atoms with Crippen molar-refractivity contribution < 1.29 is 17.9 Å². The summed E-state index contributed by atoms with van der Waals surface area (Å²) in [6, 6.07) is 8.86. The molecule has 8 heteroatoms. The molecule has 0 aliphatic carbocycles. The van der Waals surface area contributed by atoms with E-state index in [9.17, 15) is 13.2 Å². The minimum absolute atomic E-state index is 0.0715. The van der Waals surface area contributed by atoms with Gasteiger partial charge in [0.25, 0.3) is 15.9 Å². The Hall–Kier alpha value is -2.25. The van der Waals surface area contributed by atoms with Crippen LogP contribution in [0.1, 0.15) is 15.9 Å². The lowest BCUT2D eigenvalue weighted by Gasteiger charge is -2.12. The number of amides is 1. The van der Waals surface area contributed by atoms with E-state index in [2.05, 4.69) is 10.0 Å². The molecule has 0 saturated carbocycles. The highest BCUT2D eigenvalue weighted by atomic mass is 35.5. The van der Waals surface area contributed by atoms with Crippen LogP contribution in [0.25, 0.3) is 0 Å². The summed E-state index contributed by atoms with van der Waals surface area (Å²) in [4.78, 5) is 11.8. The predicted octanol–water partition coefficient (Wildman–Crippen LogP) is 2.82. The highest BCUT2D eigenvalue weighted by Gasteiger charge is 2.18. The first-order valence-electron chi connectivity index (χ1n) is 6.97. The minimum Gasteiger partial charge on any atom is -0.496 e. The molecule has 0 heterocycles. The first-order chi connectivity index (χ1) is 11.3. The second kappa shape index (κ2) is 7.11. The fourth-order valence-corrected chi connectivity index (χ4v) is 3.49. The van der Waals surface area contributed by atoms with Crippen molar-refractivity contribution in [3.63, 3.8) is 0 Å². The van der Waals surface area contributed by atoms with Gasteiger partial charge in [0.05, 0.1) is 22.7 Å². The zero-order valence-corrected chi connectivity index (χ0v) is 15.0. The molecule has 2 N–H and O–H groups in total. The maximum atomic E-state index is 12.5. The largest absolute Gasteiger partial charge is 0.496 e. The van der Waals surface area contributed by atoms with Gasteiger partial charge in [-0.05, 0) is 48.9 Å². The van der Waals surface area contributed by atoms with E-state index in [-0.39, 0.29) is 21.5 Å². The number of anilines is 1. The van der Waals surface area contributed by atoms with Crippen molar-refractivity contribution in [1.82, 2.24) is 5.32 Å². The lowest BCUT2D eigenvalue weighted by atomic mass is 10.2. The molecular formula is C16H17ClN2O4S. The van der Waals surface area contributed by atoms with Crippen LogP contribution < -0.4 is 14.8 Å². The van der Waals surface area contributed by atoms with Crippen molar-refractivity contribution in [2.24, 2.45) is 0 Å². The Bertz CT molecular complexity index is 882. The quantitative estimate of drug-likeness (QED) is 0.849. The van der Waals surface area contributed by atoms with E-state index in [1.54, 1.807) is 13.0 Å². The van der Waals surface area contributed by atoms with Crippen LogP contribution in [0.4, 0.5) is 5.69 Å². The number of methoxy groups -OCH3 is 1. The third kappa shape index (κ3) is 3.80. The molecule has 0 aliphatic heterocycles. The van der Waals surface area contributed by atoms with E-state index in [0.717, 1.165) is 0 Å².